The normalized spacial score (nSPS) is 22.0. The summed E-state index contributed by atoms with van der Waals surface area (Å²) in [6.45, 7) is 2.69. The molecule has 1 unspecified atom stereocenters. The van der Waals surface area contributed by atoms with Gasteiger partial charge in [-0.25, -0.2) is 4.39 Å². The van der Waals surface area contributed by atoms with Crippen molar-refractivity contribution in [2.45, 2.75) is 50.7 Å². The molecule has 25 heavy (non-hydrogen) atoms. The number of hydrogen-bond acceptors (Lipinski definition) is 3. The fourth-order valence-corrected chi connectivity index (χ4v) is 3.74. The summed E-state index contributed by atoms with van der Waals surface area (Å²) in [5.74, 6) is -0.179. The van der Waals surface area contributed by atoms with Gasteiger partial charge in [-0.1, -0.05) is 18.9 Å². The Bertz CT molecular complexity index is 592. The minimum atomic E-state index is -0.597. The first-order chi connectivity index (χ1) is 11.7. The monoisotopic (exact) mass is 462 g/mol. The molecule has 1 aromatic rings. The summed E-state index contributed by atoms with van der Waals surface area (Å²) in [5.41, 5.74) is 0.771. The highest BCUT2D eigenvalue weighted by atomic mass is 127. The van der Waals surface area contributed by atoms with Gasteiger partial charge in [0.15, 0.2) is 17.5 Å². The molecule has 1 aliphatic carbocycles. The first-order valence-corrected chi connectivity index (χ1v) is 8.84. The lowest BCUT2D eigenvalue weighted by Crippen LogP contribution is -2.45. The van der Waals surface area contributed by atoms with Crippen LogP contribution in [0.1, 0.15) is 37.7 Å². The van der Waals surface area contributed by atoms with Crippen molar-refractivity contribution >= 4 is 29.9 Å². The van der Waals surface area contributed by atoms with E-state index < -0.39 is 5.82 Å². The molecular weight excluding hydrogens is 434 g/mol. The molecule has 0 aromatic heterocycles. The van der Waals surface area contributed by atoms with Crippen molar-refractivity contribution in [2.24, 2.45) is 4.99 Å². The number of guanidine groups is 1. The Labute approximate surface area is 166 Å². The predicted octanol–water partition coefficient (Wildman–Crippen LogP) is 2.83. The summed E-state index contributed by atoms with van der Waals surface area (Å²) in [6.07, 6.45) is 6.54. The van der Waals surface area contributed by atoms with Crippen LogP contribution in [0.2, 0.25) is 0 Å². The Balaban J connectivity index is 0.00000225. The smallest absolute Gasteiger partial charge is 0.191 e. The Morgan fingerprint density at radius 2 is 2.08 bits per heavy atom. The van der Waals surface area contributed by atoms with Gasteiger partial charge in [-0.2, -0.15) is 0 Å². The number of aromatic hydroxyl groups is 1. The van der Waals surface area contributed by atoms with E-state index in [0.29, 0.717) is 12.6 Å². The second-order valence-corrected chi connectivity index (χ2v) is 6.77. The van der Waals surface area contributed by atoms with Crippen LogP contribution in [-0.2, 0) is 6.54 Å². The fourth-order valence-electron chi connectivity index (χ4n) is 3.74. The van der Waals surface area contributed by atoms with Gasteiger partial charge >= 0.3 is 0 Å². The zero-order valence-corrected chi connectivity index (χ0v) is 17.0. The summed E-state index contributed by atoms with van der Waals surface area (Å²) in [5, 5.41) is 15.9. The highest BCUT2D eigenvalue weighted by Crippen LogP contribution is 2.26. The van der Waals surface area contributed by atoms with E-state index in [1.54, 1.807) is 13.1 Å². The van der Waals surface area contributed by atoms with E-state index in [-0.39, 0.29) is 29.7 Å². The lowest BCUT2D eigenvalue weighted by molar-refractivity contribution is 0.242. The Kier molecular flexibility index (Phi) is 7.74. The lowest BCUT2D eigenvalue weighted by Gasteiger charge is -2.24. The van der Waals surface area contributed by atoms with Crippen molar-refractivity contribution in [3.63, 3.8) is 0 Å². The number of nitrogens with zero attached hydrogens (tertiary/aromatic N) is 2. The molecule has 0 spiro atoms. The fraction of sp³-hybridized carbons (Fsp3) is 0.611. The molecular formula is C18H28FIN4O. The van der Waals surface area contributed by atoms with Gasteiger partial charge in [0, 0.05) is 38.8 Å². The molecule has 7 heteroatoms. The topological polar surface area (TPSA) is 59.9 Å². The molecule has 1 heterocycles. The maximum Gasteiger partial charge on any atom is 0.191 e. The molecule has 140 valence electrons. The molecule has 1 aromatic carbocycles. The van der Waals surface area contributed by atoms with E-state index in [9.17, 15) is 9.50 Å². The highest BCUT2D eigenvalue weighted by molar-refractivity contribution is 14.0. The molecule has 3 rings (SSSR count). The maximum atomic E-state index is 13.4. The van der Waals surface area contributed by atoms with E-state index in [1.807, 2.05) is 0 Å². The lowest BCUT2D eigenvalue weighted by atomic mass is 10.2. The third kappa shape index (κ3) is 5.44. The molecule has 5 nitrogen and oxygen atoms in total. The van der Waals surface area contributed by atoms with Crippen LogP contribution in [0.3, 0.4) is 0 Å². The van der Waals surface area contributed by atoms with Gasteiger partial charge < -0.3 is 15.7 Å². The van der Waals surface area contributed by atoms with Gasteiger partial charge in [0.05, 0.1) is 0 Å². The third-order valence-corrected chi connectivity index (χ3v) is 5.10. The average molecular weight is 462 g/mol. The minimum absolute atomic E-state index is 0. The van der Waals surface area contributed by atoms with Crippen LogP contribution in [0.15, 0.2) is 23.2 Å². The molecule has 3 N–H and O–H groups in total. The van der Waals surface area contributed by atoms with Crippen molar-refractivity contribution in [1.82, 2.24) is 15.5 Å². The number of likely N-dealkylation sites (tertiary alicyclic amines) is 1. The van der Waals surface area contributed by atoms with E-state index in [0.717, 1.165) is 37.1 Å². The third-order valence-electron chi connectivity index (χ3n) is 5.10. The first-order valence-electron chi connectivity index (χ1n) is 8.84. The van der Waals surface area contributed by atoms with Crippen molar-refractivity contribution in [1.29, 1.82) is 0 Å². The molecule has 1 aliphatic heterocycles. The van der Waals surface area contributed by atoms with E-state index in [2.05, 4.69) is 20.5 Å². The minimum Gasteiger partial charge on any atom is -0.505 e. The molecule has 0 bridgehead atoms. The van der Waals surface area contributed by atoms with E-state index >= 15 is 0 Å². The zero-order valence-electron chi connectivity index (χ0n) is 14.7. The molecule has 2 fully saturated rings. The molecule has 1 saturated carbocycles. The van der Waals surface area contributed by atoms with Gasteiger partial charge in [-0.05, 0) is 37.0 Å². The van der Waals surface area contributed by atoms with Crippen molar-refractivity contribution in [3.05, 3.63) is 29.6 Å². The number of phenols is 1. The van der Waals surface area contributed by atoms with Crippen LogP contribution in [0, 0.1) is 5.82 Å². The van der Waals surface area contributed by atoms with Crippen molar-refractivity contribution in [3.8, 4) is 5.75 Å². The van der Waals surface area contributed by atoms with Gasteiger partial charge in [0.1, 0.15) is 0 Å². The summed E-state index contributed by atoms with van der Waals surface area (Å²) in [4.78, 5) is 6.87. The van der Waals surface area contributed by atoms with Gasteiger partial charge in [0.25, 0.3) is 0 Å². The largest absolute Gasteiger partial charge is 0.505 e. The number of rotatable bonds is 4. The molecule has 0 radical (unpaired) electrons. The van der Waals surface area contributed by atoms with Crippen LogP contribution < -0.4 is 10.6 Å². The molecule has 2 aliphatic rings. The predicted molar refractivity (Wildman–Crippen MR) is 109 cm³/mol. The quantitative estimate of drug-likeness (QED) is 0.366. The summed E-state index contributed by atoms with van der Waals surface area (Å²) < 4.78 is 13.4. The molecule has 0 amide bonds. The summed E-state index contributed by atoms with van der Waals surface area (Å²) in [7, 11) is 1.75. The standard InChI is InChI=1S/C18H27FN4O.HI/c1-20-18(21-11-13-6-7-17(24)16(19)10-13)22-14-8-9-23(12-14)15-4-2-3-5-15;/h6-7,10,14-15,24H,2-5,8-9,11-12H2,1H3,(H2,20,21,22);1H. The number of phenolic OH excluding ortho intramolecular Hbond substituents is 1. The zero-order chi connectivity index (χ0) is 16.9. The van der Waals surface area contributed by atoms with Crippen LogP contribution >= 0.6 is 24.0 Å². The summed E-state index contributed by atoms with van der Waals surface area (Å²) in [6, 6.07) is 5.60. The Morgan fingerprint density at radius 1 is 1.32 bits per heavy atom. The van der Waals surface area contributed by atoms with Crippen LogP contribution in [0.25, 0.3) is 0 Å². The van der Waals surface area contributed by atoms with E-state index in [1.165, 1.54) is 37.8 Å². The number of halogens is 2. The van der Waals surface area contributed by atoms with Gasteiger partial charge in [-0.3, -0.25) is 9.89 Å². The SMILES string of the molecule is CN=C(NCc1ccc(O)c(F)c1)NC1CCN(C2CCCC2)C1.I. The van der Waals surface area contributed by atoms with Crippen molar-refractivity contribution < 1.29 is 9.50 Å². The number of nitrogens with one attached hydrogen (secondary N) is 2. The van der Waals surface area contributed by atoms with Crippen LogP contribution in [0.5, 0.6) is 5.75 Å². The summed E-state index contributed by atoms with van der Waals surface area (Å²) >= 11 is 0. The van der Waals surface area contributed by atoms with Gasteiger partial charge in [-0.15, -0.1) is 24.0 Å². The van der Waals surface area contributed by atoms with Crippen LogP contribution in [-0.4, -0.2) is 48.2 Å². The second-order valence-electron chi connectivity index (χ2n) is 6.77. The number of benzene rings is 1. The Hall–Kier alpha value is -1.09. The Morgan fingerprint density at radius 3 is 2.76 bits per heavy atom. The highest BCUT2D eigenvalue weighted by Gasteiger charge is 2.30. The number of hydrogen-bond donors (Lipinski definition) is 3. The van der Waals surface area contributed by atoms with E-state index in [4.69, 9.17) is 0 Å². The van der Waals surface area contributed by atoms with Gasteiger partial charge in [0.2, 0.25) is 0 Å². The molecule has 1 saturated heterocycles. The maximum absolute atomic E-state index is 13.4. The average Bonchev–Trinajstić information content (AvgIpc) is 3.25. The second kappa shape index (κ2) is 9.56. The first kappa shape index (κ1) is 20.2. The molecule has 1 atom stereocenters. The number of aliphatic imine (C=N–C) groups is 1. The van der Waals surface area contributed by atoms with Crippen molar-refractivity contribution in [2.75, 3.05) is 20.1 Å². The van der Waals surface area contributed by atoms with Crippen LogP contribution in [0.4, 0.5) is 4.39 Å².